The Labute approximate surface area is 181 Å². The van der Waals surface area contributed by atoms with Crippen molar-refractivity contribution in [1.29, 1.82) is 0 Å². The molecule has 6 atom stereocenters. The van der Waals surface area contributed by atoms with E-state index in [0.29, 0.717) is 0 Å². The summed E-state index contributed by atoms with van der Waals surface area (Å²) in [4.78, 5) is 0. The molecule has 0 bridgehead atoms. The predicted octanol–water partition coefficient (Wildman–Crippen LogP) is -2.64. The zero-order valence-corrected chi connectivity index (χ0v) is 19.6. The third kappa shape index (κ3) is 22.8. The molecule has 26 heavy (non-hydrogen) atoms. The van der Waals surface area contributed by atoms with Gasteiger partial charge < -0.3 is 30.6 Å². The minimum absolute atomic E-state index is 0. The van der Waals surface area contributed by atoms with Crippen LogP contribution < -0.4 is 30.6 Å². The van der Waals surface area contributed by atoms with Gasteiger partial charge in [0.25, 0.3) is 0 Å². The van der Waals surface area contributed by atoms with Gasteiger partial charge in [0.05, 0.1) is 0 Å². The number of hydrogen-bond donors (Lipinski definition) is 0. The Morgan fingerprint density at radius 3 is 0.385 bits per heavy atom. The van der Waals surface area contributed by atoms with Gasteiger partial charge in [0.2, 0.25) is 0 Å². The second kappa shape index (κ2) is 20.5. The predicted molar refractivity (Wildman–Crippen MR) is 84.3 cm³/mol. The average molecular weight is 460 g/mol. The quantitative estimate of drug-likeness (QED) is 0.397. The molecule has 2 radical (unpaired) electrons. The van der Waals surface area contributed by atoms with E-state index in [0.717, 1.165) is 0 Å². The van der Waals surface area contributed by atoms with E-state index in [9.17, 15) is 30.6 Å². The Kier molecular flexibility index (Phi) is 29.6. The summed E-state index contributed by atoms with van der Waals surface area (Å²) >= 11 is 0. The molecule has 0 aromatic carbocycles. The first-order chi connectivity index (χ1) is 10.7. The zero-order chi connectivity index (χ0) is 20.2. The molecule has 0 heterocycles. The van der Waals surface area contributed by atoms with Crippen molar-refractivity contribution in [3.63, 3.8) is 0 Å². The van der Waals surface area contributed by atoms with Gasteiger partial charge in [0.1, 0.15) is 0 Å². The van der Waals surface area contributed by atoms with Crippen LogP contribution in [0.5, 0.6) is 0 Å². The maximum absolute atomic E-state index is 10.5. The van der Waals surface area contributed by atoms with E-state index in [4.69, 9.17) is 0 Å². The van der Waals surface area contributed by atoms with E-state index in [-0.39, 0.29) is 51.9 Å². The van der Waals surface area contributed by atoms with E-state index >= 15 is 0 Å². The van der Waals surface area contributed by atoms with Crippen molar-refractivity contribution in [3.8, 4) is 0 Å². The van der Waals surface area contributed by atoms with Crippen molar-refractivity contribution < 1.29 is 64.8 Å². The molecule has 0 saturated carbocycles. The summed E-state index contributed by atoms with van der Waals surface area (Å²) in [5, 5.41) is 62.8. The van der Waals surface area contributed by atoms with Crippen LogP contribution in [0, 0.1) is 17.8 Å². The van der Waals surface area contributed by atoms with Crippen LogP contribution >= 0.6 is 0 Å². The van der Waals surface area contributed by atoms with Gasteiger partial charge in [-0.2, -0.15) is 0 Å². The molecular weight excluding hydrogens is 424 g/mol. The molecule has 160 valence electrons. The Hall–Kier alpha value is 0.799. The van der Waals surface area contributed by atoms with Gasteiger partial charge >= 0.3 is 34.1 Å². The van der Waals surface area contributed by atoms with Gasteiger partial charge in [-0.15, -0.1) is 36.6 Å². The Bertz CT molecular complexity index is 208. The summed E-state index contributed by atoms with van der Waals surface area (Å²) in [5.74, 6) is -0.722. The molecule has 0 N–H and O–H groups in total. The third-order valence-corrected chi connectivity index (χ3v) is 4.44. The van der Waals surface area contributed by atoms with Gasteiger partial charge in [-0.05, 0) is 0 Å². The van der Waals surface area contributed by atoms with Crippen molar-refractivity contribution in [2.45, 2.75) is 98.9 Å². The molecule has 0 aliphatic carbocycles. The van der Waals surface area contributed by atoms with Crippen LogP contribution in [0.3, 0.4) is 0 Å². The molecule has 0 rings (SSSR count). The standard InChI is InChI=1S/3C6H12O2.2Fe/c3*1-4(5(2)7)6(3)8;;/h3*4-6H,1-3H3;;/q3*-2;2*+3. The van der Waals surface area contributed by atoms with Gasteiger partial charge in [0.15, 0.2) is 0 Å². The van der Waals surface area contributed by atoms with Crippen molar-refractivity contribution in [2.24, 2.45) is 17.8 Å². The Morgan fingerprint density at radius 1 is 0.308 bits per heavy atom. The van der Waals surface area contributed by atoms with Crippen molar-refractivity contribution in [2.75, 3.05) is 0 Å². The zero-order valence-electron chi connectivity index (χ0n) is 17.4. The van der Waals surface area contributed by atoms with E-state index in [1.807, 2.05) is 0 Å². The maximum atomic E-state index is 10.5. The summed E-state index contributed by atoms with van der Waals surface area (Å²) in [7, 11) is 0. The average Bonchev–Trinajstić information content (AvgIpc) is 2.45. The first-order valence-electron chi connectivity index (χ1n) is 8.61. The number of hydrogen-bond acceptors (Lipinski definition) is 6. The van der Waals surface area contributed by atoms with Crippen molar-refractivity contribution >= 4 is 0 Å². The second-order valence-electron chi connectivity index (χ2n) is 6.81. The third-order valence-electron chi connectivity index (χ3n) is 4.44. The maximum Gasteiger partial charge on any atom is 3.00 e. The molecule has 0 amide bonds. The van der Waals surface area contributed by atoms with Crippen molar-refractivity contribution in [3.05, 3.63) is 0 Å². The minimum atomic E-state index is -0.720. The van der Waals surface area contributed by atoms with Crippen LogP contribution in [-0.2, 0) is 34.1 Å². The van der Waals surface area contributed by atoms with Crippen LogP contribution in [0.15, 0.2) is 0 Å². The van der Waals surface area contributed by atoms with Gasteiger partial charge in [-0.3, -0.25) is 0 Å². The monoisotopic (exact) mass is 460 g/mol. The normalized spacial score (nSPS) is 20.4. The molecule has 0 spiro atoms. The van der Waals surface area contributed by atoms with E-state index < -0.39 is 36.6 Å². The second-order valence-corrected chi connectivity index (χ2v) is 6.81. The molecule has 8 heteroatoms. The van der Waals surface area contributed by atoms with Crippen LogP contribution in [0.25, 0.3) is 0 Å². The smallest absolute Gasteiger partial charge is 0.852 e. The molecule has 0 aliphatic heterocycles. The molecule has 0 saturated heterocycles. The first-order valence-corrected chi connectivity index (χ1v) is 8.61. The largest absolute Gasteiger partial charge is 3.00 e. The van der Waals surface area contributed by atoms with Gasteiger partial charge in [0, 0.05) is 0 Å². The summed E-state index contributed by atoms with van der Waals surface area (Å²) in [5.41, 5.74) is 0. The fraction of sp³-hybridized carbons (Fsp3) is 1.00. The van der Waals surface area contributed by atoms with E-state index in [1.54, 1.807) is 20.8 Å². The molecule has 0 fully saturated rings. The van der Waals surface area contributed by atoms with E-state index in [2.05, 4.69) is 0 Å². The van der Waals surface area contributed by atoms with E-state index in [1.165, 1.54) is 41.5 Å². The SMILES string of the molecule is CC([O-])C(C)C(C)[O-].CC([O-])C(C)C(C)[O-].CC([O-])C(C)C(C)[O-].[Fe+3].[Fe+3]. The molecule has 6 unspecified atom stereocenters. The fourth-order valence-corrected chi connectivity index (χ4v) is 1.14. The summed E-state index contributed by atoms with van der Waals surface area (Å²) in [6.45, 7) is 14.2. The summed E-state index contributed by atoms with van der Waals surface area (Å²) < 4.78 is 0. The number of rotatable bonds is 6. The minimum Gasteiger partial charge on any atom is -0.852 e. The topological polar surface area (TPSA) is 138 Å². The molecular formula is C18H36Fe2O6. The van der Waals surface area contributed by atoms with Crippen LogP contribution in [0.4, 0.5) is 0 Å². The fourth-order valence-electron chi connectivity index (χ4n) is 1.14. The van der Waals surface area contributed by atoms with Crippen LogP contribution in [-0.4, -0.2) is 36.6 Å². The first kappa shape index (κ1) is 37.5. The summed E-state index contributed by atoms with van der Waals surface area (Å²) in [6, 6.07) is 0. The molecule has 0 aliphatic rings. The summed E-state index contributed by atoms with van der Waals surface area (Å²) in [6.07, 6.45) is -4.32. The van der Waals surface area contributed by atoms with Gasteiger partial charge in [-0.1, -0.05) is 80.1 Å². The van der Waals surface area contributed by atoms with Crippen LogP contribution in [0.1, 0.15) is 62.3 Å². The van der Waals surface area contributed by atoms with Crippen LogP contribution in [0.2, 0.25) is 0 Å². The molecule has 0 aromatic rings. The van der Waals surface area contributed by atoms with Crippen molar-refractivity contribution in [1.82, 2.24) is 0 Å². The Balaban J connectivity index is -0.0000000817. The molecule has 6 nitrogen and oxygen atoms in total. The molecule has 0 aromatic heterocycles. The van der Waals surface area contributed by atoms with Gasteiger partial charge in [-0.25, -0.2) is 0 Å². The Morgan fingerprint density at radius 2 is 0.385 bits per heavy atom.